The lowest BCUT2D eigenvalue weighted by molar-refractivity contribution is -0.341. The molecule has 0 aromatic carbocycles. The fourth-order valence-electron chi connectivity index (χ4n) is 9.19. The molecule has 0 amide bonds. The number of cyclic esters (lactones) is 1. The summed E-state index contributed by atoms with van der Waals surface area (Å²) in [5.74, 6) is -4.14. The molecule has 4 aliphatic heterocycles. The van der Waals surface area contributed by atoms with Gasteiger partial charge in [-0.25, -0.2) is 0 Å². The van der Waals surface area contributed by atoms with E-state index in [1.54, 1.807) is 66.6 Å². The molecule has 0 saturated carbocycles. The highest BCUT2D eigenvalue weighted by molar-refractivity contribution is 5.92. The van der Waals surface area contributed by atoms with Crippen LogP contribution in [0.25, 0.3) is 0 Å². The van der Waals surface area contributed by atoms with Gasteiger partial charge in [0, 0.05) is 44.3 Å². The largest absolute Gasteiger partial charge is 0.462 e. The Hall–Kier alpha value is -2.27. The maximum Gasteiger partial charge on any atom is 0.308 e. The minimum absolute atomic E-state index is 0.0117. The van der Waals surface area contributed by atoms with Gasteiger partial charge in [0.05, 0.1) is 55.2 Å². The number of aliphatic hydroxyl groups excluding tert-OH is 4. The van der Waals surface area contributed by atoms with Crippen LogP contribution in [0.4, 0.5) is 0 Å². The Balaban J connectivity index is 1.60. The van der Waals surface area contributed by atoms with E-state index in [1.165, 1.54) is 27.2 Å². The van der Waals surface area contributed by atoms with Crippen LogP contribution in [-0.2, 0) is 57.0 Å². The van der Waals surface area contributed by atoms with Crippen molar-refractivity contribution in [2.45, 2.75) is 185 Å². The molecule has 18 heteroatoms. The number of likely N-dealkylation sites (N-methyl/N-ethyl adjacent to an activating group) is 1. The highest BCUT2D eigenvalue weighted by Gasteiger charge is 2.52. The number of hydrogen-bond donors (Lipinski definition) is 5. The van der Waals surface area contributed by atoms with Crippen molar-refractivity contribution in [2.75, 3.05) is 34.9 Å². The van der Waals surface area contributed by atoms with Gasteiger partial charge in [0.2, 0.25) is 0 Å². The molecule has 0 spiro atoms. The molecule has 0 radical (unpaired) electrons. The fraction of sp³-hybridized carbons (Fsp3) is 0.844. The number of aliphatic hydroxyl groups is 5. The molecule has 3 fully saturated rings. The van der Waals surface area contributed by atoms with Crippen molar-refractivity contribution < 1.29 is 82.5 Å². The summed E-state index contributed by atoms with van der Waals surface area (Å²) in [5, 5.41) is 55.5. The van der Waals surface area contributed by atoms with Crippen molar-refractivity contribution in [3.63, 3.8) is 0 Å². The van der Waals surface area contributed by atoms with Crippen molar-refractivity contribution in [1.29, 1.82) is 0 Å². The van der Waals surface area contributed by atoms with Crippen molar-refractivity contribution in [1.82, 2.24) is 4.90 Å². The Kier molecular flexibility index (Phi) is 19.9. The summed E-state index contributed by atoms with van der Waals surface area (Å²) in [6.07, 6.45) is -9.08. The SMILES string of the molecule is CC[C@@H]1OC(=O)C[C@H](O)[C@@H](C)[C@@H](O[C@@H]2O[C@H](C)[C@@H](O[C@H]3C[C@@](C)(O)[C@@H](O)[C@H](C)O3)[C@H](N(C)C)[C@H]2O)[C@@H](C=O)C[C@@H](C)C(=O)C=CC(C)=C[C@@H]1CO[C@H]1O[C@@H](C)[C@H](O)[C@H](OC)[C@@H]1OC. The molecule has 362 valence electrons. The molecule has 4 rings (SSSR count). The van der Waals surface area contributed by atoms with E-state index >= 15 is 0 Å². The lowest BCUT2D eigenvalue weighted by Gasteiger charge is -2.50. The molecule has 0 aromatic heterocycles. The molecule has 21 atom stereocenters. The molecule has 0 unspecified atom stereocenters. The van der Waals surface area contributed by atoms with Crippen LogP contribution in [0.1, 0.15) is 81.1 Å². The Morgan fingerprint density at radius 1 is 0.857 bits per heavy atom. The third-order valence-corrected chi connectivity index (χ3v) is 13.1. The molecule has 4 heterocycles. The zero-order valence-electron chi connectivity index (χ0n) is 39.0. The van der Waals surface area contributed by atoms with Gasteiger partial charge in [-0.2, -0.15) is 0 Å². The lowest BCUT2D eigenvalue weighted by Crippen LogP contribution is -2.65. The summed E-state index contributed by atoms with van der Waals surface area (Å²) < 4.78 is 54.4. The van der Waals surface area contributed by atoms with Crippen LogP contribution >= 0.6 is 0 Å². The summed E-state index contributed by atoms with van der Waals surface area (Å²) in [4.78, 5) is 42.0. The zero-order valence-corrected chi connectivity index (χ0v) is 39.0. The number of carbonyl (C=O) groups excluding carboxylic acids is 3. The fourth-order valence-corrected chi connectivity index (χ4v) is 9.19. The molecule has 63 heavy (non-hydrogen) atoms. The average molecular weight is 902 g/mol. The molecule has 3 saturated heterocycles. The van der Waals surface area contributed by atoms with Crippen LogP contribution in [0.5, 0.6) is 0 Å². The van der Waals surface area contributed by atoms with E-state index < -0.39 is 140 Å². The first-order valence-corrected chi connectivity index (χ1v) is 22.2. The Morgan fingerprint density at radius 2 is 1.51 bits per heavy atom. The highest BCUT2D eigenvalue weighted by Crippen LogP contribution is 2.37. The van der Waals surface area contributed by atoms with E-state index in [4.69, 9.17) is 42.6 Å². The number of esters is 1. The van der Waals surface area contributed by atoms with E-state index in [2.05, 4.69) is 0 Å². The highest BCUT2D eigenvalue weighted by atomic mass is 16.7. The number of nitrogens with zero attached hydrogens (tertiary/aromatic N) is 1. The van der Waals surface area contributed by atoms with Crippen LogP contribution < -0.4 is 0 Å². The average Bonchev–Trinajstić information content (AvgIpc) is 3.22. The first-order valence-electron chi connectivity index (χ1n) is 22.2. The molecule has 0 aromatic rings. The molecule has 0 bridgehead atoms. The summed E-state index contributed by atoms with van der Waals surface area (Å²) in [6.45, 7) is 13.5. The number of methoxy groups -OCH3 is 2. The standard InChI is InChI=1S/C45H75NO17/c1-13-32-29(21-57-44-41(56-12)40(55-11)36(51)25(5)59-44)16-22(2)14-15-30(48)23(3)17-28(20-47)38(24(4)31(49)18-33(50)61-32)63-43-37(52)35(46(9)10)39(26(6)60-43)62-34-19-45(8,54)42(53)27(7)58-34/h14-16,20,23-29,31-32,34-44,49,51-54H,13,17-19,21H2,1-12H3/t23-,24-,25+,26-,27+,28-,29-,31+,32+,34+,35-,36+,37-,38-,39-,40+,41+,42+,43+,44+,45-/m1/s1. The normalized spacial score (nSPS) is 45.1. The van der Waals surface area contributed by atoms with Crippen LogP contribution in [0.3, 0.4) is 0 Å². The van der Waals surface area contributed by atoms with Gasteiger partial charge in [0.1, 0.15) is 49.0 Å². The second kappa shape index (κ2) is 23.5. The number of allylic oxidation sites excluding steroid dienone is 3. The van der Waals surface area contributed by atoms with Gasteiger partial charge in [0.25, 0.3) is 0 Å². The summed E-state index contributed by atoms with van der Waals surface area (Å²) in [7, 11) is 6.40. The number of carbonyl (C=O) groups is 3. The third kappa shape index (κ3) is 13.2. The van der Waals surface area contributed by atoms with Crippen molar-refractivity contribution in [3.05, 3.63) is 23.8 Å². The van der Waals surface area contributed by atoms with E-state index in [0.29, 0.717) is 18.3 Å². The van der Waals surface area contributed by atoms with Gasteiger partial charge >= 0.3 is 5.97 Å². The van der Waals surface area contributed by atoms with Gasteiger partial charge in [-0.05, 0) is 67.6 Å². The van der Waals surface area contributed by atoms with Gasteiger partial charge in [-0.15, -0.1) is 0 Å². The number of rotatable bonds is 12. The minimum atomic E-state index is -1.49. The predicted octanol–water partition coefficient (Wildman–Crippen LogP) is 1.44. The van der Waals surface area contributed by atoms with E-state index in [-0.39, 0.29) is 25.2 Å². The quantitative estimate of drug-likeness (QED) is 0.138. The van der Waals surface area contributed by atoms with Crippen LogP contribution in [0.15, 0.2) is 23.8 Å². The maximum absolute atomic E-state index is 13.7. The predicted molar refractivity (Wildman–Crippen MR) is 226 cm³/mol. The Labute approximate surface area is 372 Å². The van der Waals surface area contributed by atoms with Gasteiger partial charge in [-0.3, -0.25) is 9.59 Å². The first-order chi connectivity index (χ1) is 29.6. The second-order valence-corrected chi connectivity index (χ2v) is 18.4. The van der Waals surface area contributed by atoms with Crippen LogP contribution in [0.2, 0.25) is 0 Å². The first kappa shape index (κ1) is 53.3. The maximum atomic E-state index is 13.7. The second-order valence-electron chi connectivity index (χ2n) is 18.4. The molecule has 5 N–H and O–H groups in total. The minimum Gasteiger partial charge on any atom is -0.462 e. The molecule has 0 aliphatic carbocycles. The van der Waals surface area contributed by atoms with Crippen molar-refractivity contribution in [3.8, 4) is 0 Å². The van der Waals surface area contributed by atoms with E-state index in [0.717, 1.165) is 0 Å². The van der Waals surface area contributed by atoms with Gasteiger partial charge in [-0.1, -0.05) is 38.5 Å². The van der Waals surface area contributed by atoms with Crippen LogP contribution in [-0.4, -0.2) is 187 Å². The van der Waals surface area contributed by atoms with Crippen molar-refractivity contribution in [2.24, 2.45) is 23.7 Å². The molecule has 4 aliphatic rings. The van der Waals surface area contributed by atoms with Crippen LogP contribution in [0, 0.1) is 23.7 Å². The molecular formula is C45H75NO17. The molecular weight excluding hydrogens is 826 g/mol. The number of hydrogen-bond acceptors (Lipinski definition) is 18. The Morgan fingerprint density at radius 3 is 2.10 bits per heavy atom. The van der Waals surface area contributed by atoms with Gasteiger partial charge < -0.3 is 77.9 Å². The Bertz CT molecular complexity index is 1540. The summed E-state index contributed by atoms with van der Waals surface area (Å²) in [5.41, 5.74) is -0.826. The molecule has 18 nitrogen and oxygen atoms in total. The topological polar surface area (TPSA) is 239 Å². The van der Waals surface area contributed by atoms with E-state index in [9.17, 15) is 39.9 Å². The van der Waals surface area contributed by atoms with Crippen molar-refractivity contribution >= 4 is 18.0 Å². The summed E-state index contributed by atoms with van der Waals surface area (Å²) in [6, 6.07) is -0.767. The monoisotopic (exact) mass is 902 g/mol. The zero-order chi connectivity index (χ0) is 47.1. The van der Waals surface area contributed by atoms with Gasteiger partial charge in [0.15, 0.2) is 24.7 Å². The summed E-state index contributed by atoms with van der Waals surface area (Å²) >= 11 is 0. The lowest BCUT2D eigenvalue weighted by atomic mass is 9.81. The smallest absolute Gasteiger partial charge is 0.308 e. The van der Waals surface area contributed by atoms with E-state index in [1.807, 2.05) is 13.0 Å². The number of ether oxygens (including phenoxy) is 9. The third-order valence-electron chi connectivity index (χ3n) is 13.1. The number of ketones is 1. The number of aldehydes is 1.